The fourth-order valence-electron chi connectivity index (χ4n) is 1.69. The van der Waals surface area contributed by atoms with E-state index in [2.05, 4.69) is 15.6 Å². The summed E-state index contributed by atoms with van der Waals surface area (Å²) >= 11 is 11.8. The first-order valence-electron chi connectivity index (χ1n) is 6.17. The molecule has 2 rings (SSSR count). The van der Waals surface area contributed by atoms with Crippen molar-refractivity contribution in [2.45, 2.75) is 6.92 Å². The largest absolute Gasteiger partial charge is 0.368 e. The highest BCUT2D eigenvalue weighted by Crippen LogP contribution is 2.26. The van der Waals surface area contributed by atoms with Crippen molar-refractivity contribution in [3.05, 3.63) is 51.9 Å². The van der Waals surface area contributed by atoms with Crippen LogP contribution in [0, 0.1) is 5.82 Å². The second kappa shape index (κ2) is 6.74. The lowest BCUT2D eigenvalue weighted by Crippen LogP contribution is -2.16. The van der Waals surface area contributed by atoms with Gasteiger partial charge in [-0.1, -0.05) is 23.2 Å². The third-order valence-electron chi connectivity index (χ3n) is 2.65. The number of amides is 1. The van der Waals surface area contributed by atoms with Crippen molar-refractivity contribution in [3.8, 4) is 0 Å². The van der Waals surface area contributed by atoms with E-state index in [0.29, 0.717) is 22.3 Å². The number of aromatic nitrogens is 1. The first-order valence-corrected chi connectivity index (χ1v) is 6.93. The molecule has 110 valence electrons. The van der Waals surface area contributed by atoms with Gasteiger partial charge in [-0.05, 0) is 31.2 Å². The molecule has 7 heteroatoms. The van der Waals surface area contributed by atoms with E-state index in [1.165, 1.54) is 18.3 Å². The van der Waals surface area contributed by atoms with Crippen LogP contribution in [-0.4, -0.2) is 17.4 Å². The number of nitrogens with one attached hydrogen (secondary N) is 2. The second-order valence-electron chi connectivity index (χ2n) is 4.13. The van der Waals surface area contributed by atoms with E-state index >= 15 is 0 Å². The van der Waals surface area contributed by atoms with Gasteiger partial charge in [0.25, 0.3) is 5.91 Å². The quantitative estimate of drug-likeness (QED) is 0.884. The average Bonchev–Trinajstić information content (AvgIpc) is 2.45. The van der Waals surface area contributed by atoms with Crippen molar-refractivity contribution in [2.24, 2.45) is 0 Å². The van der Waals surface area contributed by atoms with Crippen molar-refractivity contribution in [2.75, 3.05) is 17.2 Å². The van der Waals surface area contributed by atoms with Gasteiger partial charge in [-0.15, -0.1) is 0 Å². The average molecular weight is 328 g/mol. The molecule has 4 nitrogen and oxygen atoms in total. The Morgan fingerprint density at radius 1 is 1.33 bits per heavy atom. The number of hydrogen-bond acceptors (Lipinski definition) is 3. The second-order valence-corrected chi connectivity index (χ2v) is 4.97. The molecule has 21 heavy (non-hydrogen) atoms. The SMILES string of the molecule is CCNc1nccc(C(=O)Nc2cc(Cl)ccc2Cl)c1F. The Morgan fingerprint density at radius 3 is 2.81 bits per heavy atom. The molecule has 0 bridgehead atoms. The predicted molar refractivity (Wildman–Crippen MR) is 82.8 cm³/mol. The van der Waals surface area contributed by atoms with Crippen molar-refractivity contribution in [3.63, 3.8) is 0 Å². The maximum absolute atomic E-state index is 14.1. The van der Waals surface area contributed by atoms with E-state index in [1.807, 2.05) is 0 Å². The van der Waals surface area contributed by atoms with E-state index in [1.54, 1.807) is 19.1 Å². The van der Waals surface area contributed by atoms with Gasteiger partial charge in [0, 0.05) is 17.8 Å². The van der Waals surface area contributed by atoms with Crippen molar-refractivity contribution < 1.29 is 9.18 Å². The third kappa shape index (κ3) is 3.62. The molecule has 0 atom stereocenters. The third-order valence-corrected chi connectivity index (χ3v) is 3.22. The molecular weight excluding hydrogens is 316 g/mol. The molecule has 0 saturated carbocycles. The van der Waals surface area contributed by atoms with Gasteiger partial charge < -0.3 is 10.6 Å². The van der Waals surface area contributed by atoms with Crippen LogP contribution in [0.4, 0.5) is 15.9 Å². The lowest BCUT2D eigenvalue weighted by molar-refractivity contribution is 0.102. The van der Waals surface area contributed by atoms with Crippen LogP contribution in [0.1, 0.15) is 17.3 Å². The zero-order chi connectivity index (χ0) is 15.4. The van der Waals surface area contributed by atoms with Gasteiger partial charge in [-0.25, -0.2) is 9.37 Å². The molecule has 2 aromatic rings. The molecule has 2 N–H and O–H groups in total. The summed E-state index contributed by atoms with van der Waals surface area (Å²) in [7, 11) is 0. The molecule has 0 aliphatic carbocycles. The van der Waals surface area contributed by atoms with Gasteiger partial charge in [0.15, 0.2) is 11.6 Å². The van der Waals surface area contributed by atoms with Gasteiger partial charge >= 0.3 is 0 Å². The maximum Gasteiger partial charge on any atom is 0.258 e. The predicted octanol–water partition coefficient (Wildman–Crippen LogP) is 4.21. The summed E-state index contributed by atoms with van der Waals surface area (Å²) in [6.45, 7) is 2.30. The van der Waals surface area contributed by atoms with Crippen LogP contribution < -0.4 is 10.6 Å². The summed E-state index contributed by atoms with van der Waals surface area (Å²) < 4.78 is 14.1. The number of rotatable bonds is 4. The van der Waals surface area contributed by atoms with Crippen LogP contribution in [0.15, 0.2) is 30.5 Å². The van der Waals surface area contributed by atoms with Crippen molar-refractivity contribution in [1.29, 1.82) is 0 Å². The fourth-order valence-corrected chi connectivity index (χ4v) is 2.03. The molecule has 0 unspecified atom stereocenters. The molecule has 0 spiro atoms. The van der Waals surface area contributed by atoms with E-state index in [4.69, 9.17) is 23.2 Å². The molecule has 1 amide bonds. The van der Waals surface area contributed by atoms with Gasteiger partial charge in [0.1, 0.15) is 0 Å². The topological polar surface area (TPSA) is 54.0 Å². The molecule has 0 saturated heterocycles. The van der Waals surface area contributed by atoms with Crippen molar-refractivity contribution in [1.82, 2.24) is 4.98 Å². The number of carbonyl (C=O) groups is 1. The summed E-state index contributed by atoms with van der Waals surface area (Å²) in [5.41, 5.74) is 0.187. The van der Waals surface area contributed by atoms with E-state index < -0.39 is 11.7 Å². The number of halogens is 3. The van der Waals surface area contributed by atoms with Crippen LogP contribution in [0.2, 0.25) is 10.0 Å². The van der Waals surface area contributed by atoms with Crippen LogP contribution in [-0.2, 0) is 0 Å². The summed E-state index contributed by atoms with van der Waals surface area (Å²) in [6.07, 6.45) is 1.36. The molecule has 0 aliphatic rings. The molecule has 0 radical (unpaired) electrons. The molecule has 1 aromatic heterocycles. The van der Waals surface area contributed by atoms with Crippen molar-refractivity contribution >= 4 is 40.6 Å². The van der Waals surface area contributed by atoms with Crippen LogP contribution in [0.25, 0.3) is 0 Å². The zero-order valence-corrected chi connectivity index (χ0v) is 12.6. The minimum Gasteiger partial charge on any atom is -0.368 e. The van der Waals surface area contributed by atoms with Gasteiger partial charge in [-0.3, -0.25) is 4.79 Å². The number of nitrogens with zero attached hydrogens (tertiary/aromatic N) is 1. The fraction of sp³-hybridized carbons (Fsp3) is 0.143. The van der Waals surface area contributed by atoms with Crippen LogP contribution >= 0.6 is 23.2 Å². The molecule has 1 heterocycles. The lowest BCUT2D eigenvalue weighted by Gasteiger charge is -2.10. The number of benzene rings is 1. The first-order chi connectivity index (χ1) is 10.0. The lowest BCUT2D eigenvalue weighted by atomic mass is 10.2. The summed E-state index contributed by atoms with van der Waals surface area (Å²) in [5, 5.41) is 6.00. The first kappa shape index (κ1) is 15.5. The summed E-state index contributed by atoms with van der Waals surface area (Å²) in [4.78, 5) is 16.0. The Morgan fingerprint density at radius 2 is 2.10 bits per heavy atom. The molecule has 0 aliphatic heterocycles. The number of pyridine rings is 1. The highest BCUT2D eigenvalue weighted by atomic mass is 35.5. The Balaban J connectivity index is 2.28. The molecular formula is C14H12Cl2FN3O. The Labute approximate surface area is 131 Å². The number of hydrogen-bond donors (Lipinski definition) is 2. The zero-order valence-electron chi connectivity index (χ0n) is 11.1. The molecule has 0 fully saturated rings. The summed E-state index contributed by atoms with van der Waals surface area (Å²) in [5.74, 6) is -1.31. The monoisotopic (exact) mass is 327 g/mol. The molecule has 1 aromatic carbocycles. The number of anilines is 2. The number of carbonyl (C=O) groups excluding carboxylic acids is 1. The Kier molecular flexibility index (Phi) is 4.98. The van der Waals surface area contributed by atoms with Gasteiger partial charge in [0.05, 0.1) is 16.3 Å². The minimum absolute atomic E-state index is 0.0299. The Bertz CT molecular complexity index is 679. The standard InChI is InChI=1S/C14H12Cl2FN3O/c1-2-18-13-12(17)9(5-6-19-13)14(21)20-11-7-8(15)3-4-10(11)16/h3-7H,2H2,1H3,(H,18,19)(H,20,21). The van der Waals surface area contributed by atoms with E-state index in [9.17, 15) is 9.18 Å². The van der Waals surface area contributed by atoms with Gasteiger partial charge in [-0.2, -0.15) is 0 Å². The smallest absolute Gasteiger partial charge is 0.258 e. The highest BCUT2D eigenvalue weighted by Gasteiger charge is 2.17. The highest BCUT2D eigenvalue weighted by molar-refractivity contribution is 6.35. The summed E-state index contributed by atoms with van der Waals surface area (Å²) in [6, 6.07) is 5.93. The van der Waals surface area contributed by atoms with Gasteiger partial charge in [0.2, 0.25) is 0 Å². The van der Waals surface area contributed by atoms with Crippen LogP contribution in [0.3, 0.4) is 0 Å². The van der Waals surface area contributed by atoms with E-state index in [0.717, 1.165) is 0 Å². The van der Waals surface area contributed by atoms with E-state index in [-0.39, 0.29) is 11.4 Å². The van der Waals surface area contributed by atoms with Crippen LogP contribution in [0.5, 0.6) is 0 Å². The normalized spacial score (nSPS) is 10.3. The maximum atomic E-state index is 14.1. The Hall–Kier alpha value is -1.85. The minimum atomic E-state index is -0.713.